The molecule has 2 heterocycles. The van der Waals surface area contributed by atoms with Gasteiger partial charge in [0, 0.05) is 18.8 Å². The number of amides is 1. The quantitative estimate of drug-likeness (QED) is 0.691. The van der Waals surface area contributed by atoms with Crippen molar-refractivity contribution in [1.29, 1.82) is 0 Å². The molecule has 0 spiro atoms. The summed E-state index contributed by atoms with van der Waals surface area (Å²) in [6.45, 7) is 2.87. The zero-order chi connectivity index (χ0) is 20.1. The van der Waals surface area contributed by atoms with Crippen molar-refractivity contribution < 1.29 is 13.9 Å². The van der Waals surface area contributed by atoms with Crippen molar-refractivity contribution in [1.82, 2.24) is 9.97 Å². The minimum Gasteiger partial charge on any atom is -0.378 e. The van der Waals surface area contributed by atoms with Gasteiger partial charge in [0.2, 0.25) is 0 Å². The molecule has 0 aliphatic carbocycles. The maximum atomic E-state index is 13.0. The number of halogens is 1. The lowest BCUT2D eigenvalue weighted by Gasteiger charge is -2.30. The standard InChI is InChI=1S/C21H20FN5O2/c22-15-5-7-16(8-6-15)25-20-14-23-18(13-24-20)21(28)26-17-3-1-2-4-19(17)27-9-11-29-12-10-27/h1-8,13-14H,9-12H2,(H,24,25)(H,26,28). The van der Waals surface area contributed by atoms with E-state index in [2.05, 4.69) is 25.5 Å². The molecule has 1 fully saturated rings. The summed E-state index contributed by atoms with van der Waals surface area (Å²) in [4.78, 5) is 23.2. The molecular formula is C21H20FN5O2. The van der Waals surface area contributed by atoms with E-state index in [1.54, 1.807) is 12.1 Å². The molecule has 1 amide bonds. The molecule has 148 valence electrons. The van der Waals surface area contributed by atoms with Crippen LogP contribution in [0.4, 0.5) is 27.3 Å². The SMILES string of the molecule is O=C(Nc1ccccc1N1CCOCC1)c1cnc(Nc2ccc(F)cc2)cn1. The summed E-state index contributed by atoms with van der Waals surface area (Å²) in [5.74, 6) is -0.195. The Morgan fingerprint density at radius 1 is 1.00 bits per heavy atom. The molecule has 1 saturated heterocycles. The number of carbonyl (C=O) groups excluding carboxylic acids is 1. The van der Waals surface area contributed by atoms with Crippen molar-refractivity contribution in [2.45, 2.75) is 0 Å². The van der Waals surface area contributed by atoms with Gasteiger partial charge in [0.1, 0.15) is 17.3 Å². The Balaban J connectivity index is 1.44. The molecular weight excluding hydrogens is 373 g/mol. The average molecular weight is 393 g/mol. The number of hydrogen-bond donors (Lipinski definition) is 2. The van der Waals surface area contributed by atoms with E-state index < -0.39 is 0 Å². The molecule has 7 nitrogen and oxygen atoms in total. The van der Waals surface area contributed by atoms with Crippen LogP contribution in [0.25, 0.3) is 0 Å². The summed E-state index contributed by atoms with van der Waals surface area (Å²) in [6, 6.07) is 13.5. The van der Waals surface area contributed by atoms with E-state index in [0.717, 1.165) is 24.5 Å². The highest BCUT2D eigenvalue weighted by Gasteiger charge is 2.17. The number of rotatable bonds is 5. The van der Waals surface area contributed by atoms with E-state index in [1.807, 2.05) is 24.3 Å². The van der Waals surface area contributed by atoms with Crippen molar-refractivity contribution in [2.24, 2.45) is 0 Å². The first kappa shape index (κ1) is 18.8. The van der Waals surface area contributed by atoms with E-state index in [-0.39, 0.29) is 17.4 Å². The van der Waals surface area contributed by atoms with Gasteiger partial charge in [-0.05, 0) is 36.4 Å². The Morgan fingerprint density at radius 3 is 2.48 bits per heavy atom. The van der Waals surface area contributed by atoms with Gasteiger partial charge >= 0.3 is 0 Å². The van der Waals surface area contributed by atoms with Crippen LogP contribution in [0.5, 0.6) is 0 Å². The molecule has 0 bridgehead atoms. The van der Waals surface area contributed by atoms with Crippen LogP contribution in [-0.2, 0) is 4.74 Å². The van der Waals surface area contributed by atoms with Crippen LogP contribution in [0, 0.1) is 5.82 Å². The van der Waals surface area contributed by atoms with E-state index in [0.29, 0.717) is 24.7 Å². The van der Waals surface area contributed by atoms with Crippen molar-refractivity contribution >= 4 is 28.8 Å². The van der Waals surface area contributed by atoms with Crippen molar-refractivity contribution in [3.8, 4) is 0 Å². The van der Waals surface area contributed by atoms with Crippen LogP contribution >= 0.6 is 0 Å². The number of aromatic nitrogens is 2. The maximum Gasteiger partial charge on any atom is 0.275 e. The lowest BCUT2D eigenvalue weighted by atomic mass is 10.2. The molecule has 1 aliphatic heterocycles. The lowest BCUT2D eigenvalue weighted by molar-refractivity contribution is 0.102. The summed E-state index contributed by atoms with van der Waals surface area (Å²) >= 11 is 0. The monoisotopic (exact) mass is 393 g/mol. The Morgan fingerprint density at radius 2 is 1.76 bits per heavy atom. The summed E-state index contributed by atoms with van der Waals surface area (Å²) < 4.78 is 18.4. The lowest BCUT2D eigenvalue weighted by Crippen LogP contribution is -2.36. The van der Waals surface area contributed by atoms with Crippen LogP contribution in [0.3, 0.4) is 0 Å². The van der Waals surface area contributed by atoms with Gasteiger partial charge in [0.15, 0.2) is 0 Å². The van der Waals surface area contributed by atoms with Gasteiger partial charge in [0.25, 0.3) is 5.91 Å². The van der Waals surface area contributed by atoms with Gasteiger partial charge in [-0.3, -0.25) is 4.79 Å². The van der Waals surface area contributed by atoms with Gasteiger partial charge in [0.05, 0.1) is 37.0 Å². The smallest absolute Gasteiger partial charge is 0.275 e. The second-order valence-corrected chi connectivity index (χ2v) is 6.49. The molecule has 3 aromatic rings. The molecule has 29 heavy (non-hydrogen) atoms. The summed E-state index contributed by atoms with van der Waals surface area (Å²) in [5.41, 5.74) is 2.55. The van der Waals surface area contributed by atoms with Gasteiger partial charge in [-0.1, -0.05) is 12.1 Å². The third-order valence-electron chi connectivity index (χ3n) is 4.51. The molecule has 0 unspecified atom stereocenters. The molecule has 4 rings (SSSR count). The molecule has 0 saturated carbocycles. The first-order valence-corrected chi connectivity index (χ1v) is 9.27. The van der Waals surface area contributed by atoms with Crippen LogP contribution in [0.1, 0.15) is 10.5 Å². The summed E-state index contributed by atoms with van der Waals surface area (Å²) in [5, 5.41) is 5.92. The summed E-state index contributed by atoms with van der Waals surface area (Å²) in [7, 11) is 0. The predicted octanol–water partition coefficient (Wildman–Crippen LogP) is 3.45. The van der Waals surface area contributed by atoms with Crippen LogP contribution in [0.15, 0.2) is 60.9 Å². The van der Waals surface area contributed by atoms with Crippen molar-refractivity contribution in [3.63, 3.8) is 0 Å². The highest BCUT2D eigenvalue weighted by atomic mass is 19.1. The molecule has 2 N–H and O–H groups in total. The Kier molecular flexibility index (Phi) is 5.62. The predicted molar refractivity (Wildman–Crippen MR) is 109 cm³/mol. The van der Waals surface area contributed by atoms with Crippen molar-refractivity contribution in [2.75, 3.05) is 41.8 Å². The molecule has 1 aliphatic rings. The topological polar surface area (TPSA) is 79.4 Å². The van der Waals surface area contributed by atoms with E-state index in [9.17, 15) is 9.18 Å². The number of nitrogens with one attached hydrogen (secondary N) is 2. The fourth-order valence-electron chi connectivity index (χ4n) is 3.04. The molecule has 8 heteroatoms. The fourth-order valence-corrected chi connectivity index (χ4v) is 3.04. The largest absolute Gasteiger partial charge is 0.378 e. The molecule has 1 aromatic heterocycles. The van der Waals surface area contributed by atoms with Crippen LogP contribution in [0.2, 0.25) is 0 Å². The number of hydrogen-bond acceptors (Lipinski definition) is 6. The Bertz CT molecular complexity index is 973. The van der Waals surface area contributed by atoms with Gasteiger partial charge < -0.3 is 20.3 Å². The Hall–Kier alpha value is -3.52. The number of benzene rings is 2. The number of para-hydroxylation sites is 2. The normalized spacial score (nSPS) is 13.8. The Labute approximate surface area is 167 Å². The number of carbonyl (C=O) groups is 1. The van der Waals surface area contributed by atoms with Gasteiger partial charge in [-0.2, -0.15) is 0 Å². The van der Waals surface area contributed by atoms with E-state index >= 15 is 0 Å². The van der Waals surface area contributed by atoms with Crippen LogP contribution < -0.4 is 15.5 Å². The highest BCUT2D eigenvalue weighted by molar-refractivity contribution is 6.04. The minimum absolute atomic E-state index is 0.200. The molecule has 0 atom stereocenters. The third-order valence-corrected chi connectivity index (χ3v) is 4.51. The number of morpholine rings is 1. The maximum absolute atomic E-state index is 13.0. The van der Waals surface area contributed by atoms with E-state index in [1.165, 1.54) is 24.5 Å². The van der Waals surface area contributed by atoms with Crippen LogP contribution in [-0.4, -0.2) is 42.2 Å². The van der Waals surface area contributed by atoms with Gasteiger partial charge in [-0.25, -0.2) is 14.4 Å². The zero-order valence-electron chi connectivity index (χ0n) is 15.6. The highest BCUT2D eigenvalue weighted by Crippen LogP contribution is 2.26. The third kappa shape index (κ3) is 4.67. The second kappa shape index (κ2) is 8.66. The fraction of sp³-hybridized carbons (Fsp3) is 0.190. The first-order valence-electron chi connectivity index (χ1n) is 9.27. The first-order chi connectivity index (χ1) is 14.2. The van der Waals surface area contributed by atoms with E-state index in [4.69, 9.17) is 4.74 Å². The number of ether oxygens (including phenoxy) is 1. The second-order valence-electron chi connectivity index (χ2n) is 6.49. The van der Waals surface area contributed by atoms with Crippen molar-refractivity contribution in [3.05, 3.63) is 72.4 Å². The average Bonchev–Trinajstić information content (AvgIpc) is 2.77. The molecule has 0 radical (unpaired) electrons. The molecule has 2 aromatic carbocycles. The van der Waals surface area contributed by atoms with Gasteiger partial charge in [-0.15, -0.1) is 0 Å². The number of nitrogens with zero attached hydrogens (tertiary/aromatic N) is 3. The minimum atomic E-state index is -0.341. The summed E-state index contributed by atoms with van der Waals surface area (Å²) in [6.07, 6.45) is 2.87. The zero-order valence-corrected chi connectivity index (χ0v) is 15.6. The number of anilines is 4.